The Kier molecular flexibility index (Phi) is 4.34. The number of primary amides is 1. The van der Waals surface area contributed by atoms with Gasteiger partial charge in [-0.15, -0.1) is 0 Å². The summed E-state index contributed by atoms with van der Waals surface area (Å²) < 4.78 is 7.52. The summed E-state index contributed by atoms with van der Waals surface area (Å²) in [7, 11) is 1.66. The molecule has 0 aliphatic heterocycles. The van der Waals surface area contributed by atoms with Crippen LogP contribution in [0.1, 0.15) is 37.4 Å². The number of rotatable bonds is 4. The number of amides is 1. The second-order valence-corrected chi connectivity index (χ2v) is 7.91. The molecule has 0 radical (unpaired) electrons. The third-order valence-corrected chi connectivity index (χ3v) is 6.20. The molecule has 30 heavy (non-hydrogen) atoms. The highest BCUT2D eigenvalue weighted by Gasteiger charge is 2.29. The molecule has 1 saturated carbocycles. The molecular weight excluding hydrogens is 380 g/mol. The Morgan fingerprint density at radius 1 is 1.27 bits per heavy atom. The molecule has 0 bridgehead atoms. The summed E-state index contributed by atoms with van der Waals surface area (Å²) in [6.45, 7) is 0. The van der Waals surface area contributed by atoms with Crippen molar-refractivity contribution in [3.05, 3.63) is 42.5 Å². The van der Waals surface area contributed by atoms with Gasteiger partial charge in [0.1, 0.15) is 28.6 Å². The van der Waals surface area contributed by atoms with Gasteiger partial charge < -0.3 is 21.2 Å². The summed E-state index contributed by atoms with van der Waals surface area (Å²) in [5, 5.41) is 1.04. The number of aromatic nitrogens is 4. The fraction of sp³-hybridized carbons (Fsp3) is 0.318. The quantitative estimate of drug-likeness (QED) is 0.482. The number of aromatic amines is 1. The third-order valence-electron chi connectivity index (χ3n) is 6.20. The van der Waals surface area contributed by atoms with Gasteiger partial charge in [0.2, 0.25) is 5.91 Å². The van der Waals surface area contributed by atoms with E-state index in [1.54, 1.807) is 13.3 Å². The molecule has 0 atom stereocenters. The van der Waals surface area contributed by atoms with Gasteiger partial charge in [-0.25, -0.2) is 9.97 Å². The Morgan fingerprint density at radius 2 is 2.07 bits per heavy atom. The van der Waals surface area contributed by atoms with Crippen LogP contribution in [0.15, 0.2) is 36.7 Å². The van der Waals surface area contributed by atoms with E-state index in [1.807, 2.05) is 28.8 Å². The molecule has 5 N–H and O–H groups in total. The predicted octanol–water partition coefficient (Wildman–Crippen LogP) is 3.23. The number of imidazole rings is 1. The molecule has 8 heteroatoms. The first-order chi connectivity index (χ1) is 14.6. The molecule has 154 valence electrons. The molecule has 8 nitrogen and oxygen atoms in total. The summed E-state index contributed by atoms with van der Waals surface area (Å²) >= 11 is 0. The molecule has 1 aliphatic rings. The van der Waals surface area contributed by atoms with Crippen LogP contribution in [0, 0.1) is 5.92 Å². The van der Waals surface area contributed by atoms with Gasteiger partial charge in [-0.05, 0) is 37.8 Å². The van der Waals surface area contributed by atoms with Crippen LogP contribution in [-0.2, 0) is 4.79 Å². The third kappa shape index (κ3) is 2.87. The van der Waals surface area contributed by atoms with E-state index in [9.17, 15) is 4.79 Å². The Labute approximate surface area is 173 Å². The van der Waals surface area contributed by atoms with Gasteiger partial charge in [0.25, 0.3) is 0 Å². The molecule has 5 rings (SSSR count). The van der Waals surface area contributed by atoms with Crippen molar-refractivity contribution in [1.82, 2.24) is 19.4 Å². The van der Waals surface area contributed by atoms with Crippen LogP contribution in [0.2, 0.25) is 0 Å². The van der Waals surface area contributed by atoms with E-state index < -0.39 is 0 Å². The zero-order chi connectivity index (χ0) is 20.8. The number of nitrogens with two attached hydrogens (primary N) is 2. The molecule has 4 aromatic rings. The molecule has 0 unspecified atom stereocenters. The van der Waals surface area contributed by atoms with Gasteiger partial charge in [0.05, 0.1) is 18.3 Å². The summed E-state index contributed by atoms with van der Waals surface area (Å²) in [6.07, 6.45) is 6.91. The average molecular weight is 404 g/mol. The van der Waals surface area contributed by atoms with Crippen LogP contribution in [0.3, 0.4) is 0 Å². The zero-order valence-electron chi connectivity index (χ0n) is 16.8. The fourth-order valence-electron chi connectivity index (χ4n) is 4.63. The molecule has 1 amide bonds. The maximum Gasteiger partial charge on any atom is 0.220 e. The molecule has 1 fully saturated rings. The molecule has 3 heterocycles. The number of carbonyl (C=O) groups is 1. The number of carbonyl (C=O) groups excluding carboxylic acids is 1. The first-order valence-electron chi connectivity index (χ1n) is 10.1. The van der Waals surface area contributed by atoms with Crippen molar-refractivity contribution >= 4 is 28.1 Å². The Hall–Kier alpha value is -3.55. The molecule has 1 aromatic carbocycles. The van der Waals surface area contributed by atoms with Gasteiger partial charge in [0, 0.05) is 29.6 Å². The smallest absolute Gasteiger partial charge is 0.220 e. The lowest BCUT2D eigenvalue weighted by Gasteiger charge is -2.25. The molecule has 0 spiro atoms. The van der Waals surface area contributed by atoms with Crippen molar-refractivity contribution in [2.45, 2.75) is 31.6 Å². The van der Waals surface area contributed by atoms with E-state index in [0.29, 0.717) is 5.82 Å². The van der Waals surface area contributed by atoms with E-state index in [4.69, 9.17) is 21.2 Å². The average Bonchev–Trinajstić information content (AvgIpc) is 3.36. The maximum atomic E-state index is 11.5. The van der Waals surface area contributed by atoms with Crippen LogP contribution < -0.4 is 16.2 Å². The number of nitrogens with zero attached hydrogens (tertiary/aromatic N) is 3. The van der Waals surface area contributed by atoms with Crippen LogP contribution in [0.25, 0.3) is 27.8 Å². The standard InChI is InChI=1S/C22H24N6O2/c1-30-16-4-2-3-14-11-15(26-17(14)16)18-19-20(23)25-9-10-28(19)22(27-18)13-7-5-12(6-8-13)21(24)29/h2-4,9-13,26H,5-8H2,1H3,(H2,23,25)(H2,24,29). The molecule has 0 saturated heterocycles. The van der Waals surface area contributed by atoms with E-state index in [2.05, 4.69) is 16.0 Å². The van der Waals surface area contributed by atoms with Gasteiger partial charge in [-0.2, -0.15) is 0 Å². The van der Waals surface area contributed by atoms with Crippen molar-refractivity contribution in [2.24, 2.45) is 11.7 Å². The minimum absolute atomic E-state index is 0.0418. The number of benzene rings is 1. The Morgan fingerprint density at radius 3 is 2.80 bits per heavy atom. The topological polar surface area (TPSA) is 124 Å². The maximum absolute atomic E-state index is 11.5. The normalized spacial score (nSPS) is 19.4. The fourth-order valence-corrected chi connectivity index (χ4v) is 4.63. The van der Waals surface area contributed by atoms with Gasteiger partial charge in [0.15, 0.2) is 0 Å². The number of fused-ring (bicyclic) bond motifs is 2. The lowest BCUT2D eigenvalue weighted by atomic mass is 9.81. The Balaban J connectivity index is 1.63. The van der Waals surface area contributed by atoms with E-state index in [-0.39, 0.29) is 17.7 Å². The summed E-state index contributed by atoms with van der Waals surface area (Å²) in [4.78, 5) is 24.3. The number of methoxy groups -OCH3 is 1. The molecular formula is C22H24N6O2. The Bertz CT molecular complexity index is 1250. The van der Waals surface area contributed by atoms with Gasteiger partial charge in [-0.1, -0.05) is 12.1 Å². The lowest BCUT2D eigenvalue weighted by molar-refractivity contribution is -0.122. The predicted molar refractivity (Wildman–Crippen MR) is 115 cm³/mol. The first-order valence-corrected chi connectivity index (χ1v) is 10.1. The first kappa shape index (κ1) is 18.5. The largest absolute Gasteiger partial charge is 0.495 e. The summed E-state index contributed by atoms with van der Waals surface area (Å²) in [5.74, 6) is 2.15. The summed E-state index contributed by atoms with van der Waals surface area (Å²) in [5.41, 5.74) is 15.1. The zero-order valence-corrected chi connectivity index (χ0v) is 16.8. The minimum Gasteiger partial charge on any atom is -0.495 e. The van der Waals surface area contributed by atoms with Crippen molar-refractivity contribution < 1.29 is 9.53 Å². The number of anilines is 1. The number of H-pyrrole nitrogens is 1. The number of hydrogen-bond donors (Lipinski definition) is 3. The van der Waals surface area contributed by atoms with Crippen molar-refractivity contribution in [3.8, 4) is 17.1 Å². The number of para-hydroxylation sites is 1. The van der Waals surface area contributed by atoms with Crippen LogP contribution in [-0.4, -0.2) is 32.4 Å². The monoisotopic (exact) mass is 404 g/mol. The number of nitrogen functional groups attached to an aromatic ring is 1. The van der Waals surface area contributed by atoms with Gasteiger partial charge >= 0.3 is 0 Å². The minimum atomic E-state index is -0.206. The highest BCUT2D eigenvalue weighted by atomic mass is 16.5. The van der Waals surface area contributed by atoms with Crippen LogP contribution >= 0.6 is 0 Å². The number of ether oxygens (including phenoxy) is 1. The van der Waals surface area contributed by atoms with Gasteiger partial charge in [-0.3, -0.25) is 9.20 Å². The molecule has 3 aromatic heterocycles. The SMILES string of the molecule is COc1cccc2cc(-c3nc(C4CCC(C(N)=O)CC4)n4ccnc(N)c34)[nH]c12. The van der Waals surface area contributed by atoms with E-state index >= 15 is 0 Å². The van der Waals surface area contributed by atoms with Crippen molar-refractivity contribution in [2.75, 3.05) is 12.8 Å². The second-order valence-electron chi connectivity index (χ2n) is 7.91. The van der Waals surface area contributed by atoms with Crippen molar-refractivity contribution in [3.63, 3.8) is 0 Å². The van der Waals surface area contributed by atoms with E-state index in [1.165, 1.54) is 0 Å². The van der Waals surface area contributed by atoms with Crippen molar-refractivity contribution in [1.29, 1.82) is 0 Å². The van der Waals surface area contributed by atoms with E-state index in [0.717, 1.165) is 65.1 Å². The van der Waals surface area contributed by atoms with Crippen LogP contribution in [0.4, 0.5) is 5.82 Å². The number of hydrogen-bond acceptors (Lipinski definition) is 5. The lowest BCUT2D eigenvalue weighted by Crippen LogP contribution is -2.27. The second kappa shape index (κ2) is 7.05. The molecule has 1 aliphatic carbocycles. The van der Waals surface area contributed by atoms with Crippen LogP contribution in [0.5, 0.6) is 5.75 Å². The highest BCUT2D eigenvalue weighted by Crippen LogP contribution is 2.39. The summed E-state index contributed by atoms with van der Waals surface area (Å²) in [6, 6.07) is 7.97. The number of nitrogens with one attached hydrogen (secondary N) is 1. The highest BCUT2D eigenvalue weighted by molar-refractivity contribution is 5.93.